The highest BCUT2D eigenvalue weighted by Gasteiger charge is 2.23. The zero-order chi connectivity index (χ0) is 25.2. The molecule has 0 bridgehead atoms. The first-order valence-corrected chi connectivity index (χ1v) is 11.5. The Morgan fingerprint density at radius 3 is 1.81 bits per heavy atom. The molecule has 0 aliphatic heterocycles. The number of ether oxygens (including phenoxy) is 5. The third-order valence-corrected chi connectivity index (χ3v) is 6.39. The first-order valence-electron chi connectivity index (χ1n) is 11.5. The summed E-state index contributed by atoms with van der Waals surface area (Å²) in [7, 11) is 6.54. The molecule has 6 nitrogen and oxygen atoms in total. The molecule has 6 heteroatoms. The van der Waals surface area contributed by atoms with Crippen LogP contribution in [0.4, 0.5) is 0 Å². The summed E-state index contributed by atoms with van der Waals surface area (Å²) in [4.78, 5) is 0. The van der Waals surface area contributed by atoms with Crippen molar-refractivity contribution in [3.63, 3.8) is 0 Å². The summed E-state index contributed by atoms with van der Waals surface area (Å²) < 4.78 is 30.9. The molecule has 1 aromatic heterocycles. The van der Waals surface area contributed by atoms with Crippen LogP contribution < -0.4 is 28.3 Å². The van der Waals surface area contributed by atoms with Crippen LogP contribution in [0.2, 0.25) is 0 Å². The first kappa shape index (κ1) is 23.3. The van der Waals surface area contributed by atoms with E-state index in [0.29, 0.717) is 29.6 Å². The topological polar surface area (TPSA) is 50.0 Å². The molecule has 0 N–H and O–H groups in total. The summed E-state index contributed by atoms with van der Waals surface area (Å²) in [6.45, 7) is 4.50. The van der Waals surface area contributed by atoms with Gasteiger partial charge >= 0.3 is 0 Å². The quantitative estimate of drug-likeness (QED) is 0.196. The Bertz CT molecular complexity index is 1590. The second kappa shape index (κ2) is 9.66. The Labute approximate surface area is 209 Å². The van der Waals surface area contributed by atoms with Crippen molar-refractivity contribution in [2.45, 2.75) is 6.61 Å². The van der Waals surface area contributed by atoms with Gasteiger partial charge in [-0.1, -0.05) is 30.3 Å². The number of rotatable bonds is 8. The van der Waals surface area contributed by atoms with Gasteiger partial charge in [0.15, 0.2) is 35.4 Å². The van der Waals surface area contributed by atoms with Crippen LogP contribution in [-0.2, 0) is 6.61 Å². The summed E-state index contributed by atoms with van der Waals surface area (Å²) in [5.41, 5.74) is 2.05. The fraction of sp³-hybridized carbons (Fsp3) is 0.167. The number of hydrogen-bond donors (Lipinski definition) is 0. The minimum atomic E-state index is 0.430. The molecule has 0 atom stereocenters. The molecule has 0 saturated heterocycles. The van der Waals surface area contributed by atoms with Crippen LogP contribution in [0.5, 0.6) is 28.7 Å². The molecule has 0 amide bonds. The number of benzene rings is 4. The molecule has 0 aliphatic rings. The van der Waals surface area contributed by atoms with Gasteiger partial charge in [0.05, 0.1) is 44.6 Å². The molecule has 0 unspecified atom stereocenters. The van der Waals surface area contributed by atoms with Gasteiger partial charge in [-0.05, 0) is 42.5 Å². The Kier molecular flexibility index (Phi) is 6.25. The van der Waals surface area contributed by atoms with Gasteiger partial charge in [-0.15, -0.1) is 0 Å². The van der Waals surface area contributed by atoms with Crippen LogP contribution in [0.25, 0.3) is 38.6 Å². The van der Waals surface area contributed by atoms with Crippen LogP contribution in [0.15, 0.2) is 73.4 Å². The largest absolute Gasteiger partial charge is 0.493 e. The molecule has 4 aromatic carbocycles. The monoisotopic (exact) mass is 482 g/mol. The first-order chi connectivity index (χ1) is 17.6. The molecule has 0 spiro atoms. The van der Waals surface area contributed by atoms with Gasteiger partial charge in [0.25, 0.3) is 0 Å². The predicted molar refractivity (Wildman–Crippen MR) is 143 cm³/mol. The number of aromatic nitrogens is 1. The van der Waals surface area contributed by atoms with E-state index in [9.17, 15) is 0 Å². The van der Waals surface area contributed by atoms with Crippen molar-refractivity contribution in [2.75, 3.05) is 28.4 Å². The Balaban J connectivity index is 1.88. The number of methoxy groups -OCH3 is 4. The summed E-state index contributed by atoms with van der Waals surface area (Å²) in [5.74, 6) is 3.32. The Hall–Kier alpha value is -4.45. The molecule has 5 aromatic rings. The van der Waals surface area contributed by atoms with Crippen molar-refractivity contribution in [2.24, 2.45) is 0 Å². The minimum absolute atomic E-state index is 0.430. The number of nitrogens with zero attached hydrogens (tertiary/aromatic N) is 1. The zero-order valence-corrected chi connectivity index (χ0v) is 20.8. The lowest BCUT2D eigenvalue weighted by Gasteiger charge is -2.16. The predicted octanol–water partition coefficient (Wildman–Crippen LogP) is 6.15. The minimum Gasteiger partial charge on any atom is -0.493 e. The SMILES string of the molecule is C=C[n+]1cc2cc(OC)c(OC)cc2c2cc(OCc3ccccc3)c3cc(OC)c(OC)cc3c21. The number of fused-ring (bicyclic) bond motifs is 5. The molecule has 0 fully saturated rings. The summed E-state index contributed by atoms with van der Waals surface area (Å²) in [6.07, 6.45) is 3.83. The van der Waals surface area contributed by atoms with E-state index in [1.165, 1.54) is 0 Å². The molecular formula is C30H28NO5+. The van der Waals surface area contributed by atoms with E-state index in [-0.39, 0.29) is 0 Å². The van der Waals surface area contributed by atoms with Crippen molar-refractivity contribution >= 4 is 38.6 Å². The fourth-order valence-electron chi connectivity index (χ4n) is 4.63. The van der Waals surface area contributed by atoms with E-state index < -0.39 is 0 Å². The average Bonchev–Trinajstić information content (AvgIpc) is 2.94. The maximum atomic E-state index is 6.42. The fourth-order valence-corrected chi connectivity index (χ4v) is 4.63. The second-order valence-corrected chi connectivity index (χ2v) is 8.31. The van der Waals surface area contributed by atoms with Crippen molar-refractivity contribution < 1.29 is 28.3 Å². The van der Waals surface area contributed by atoms with Gasteiger partial charge in [-0.25, -0.2) is 0 Å². The van der Waals surface area contributed by atoms with E-state index in [4.69, 9.17) is 23.7 Å². The van der Waals surface area contributed by atoms with Crippen molar-refractivity contribution in [1.29, 1.82) is 0 Å². The average molecular weight is 483 g/mol. The lowest BCUT2D eigenvalue weighted by Crippen LogP contribution is -2.26. The highest BCUT2D eigenvalue weighted by Crippen LogP contribution is 2.43. The highest BCUT2D eigenvalue weighted by molar-refractivity contribution is 6.16. The van der Waals surface area contributed by atoms with Gasteiger partial charge in [-0.2, -0.15) is 4.57 Å². The van der Waals surface area contributed by atoms with Crippen LogP contribution in [0.3, 0.4) is 0 Å². The van der Waals surface area contributed by atoms with E-state index in [1.807, 2.05) is 65.4 Å². The number of pyridine rings is 1. The summed E-state index contributed by atoms with van der Waals surface area (Å²) in [6, 6.07) is 20.1. The molecule has 1 heterocycles. The van der Waals surface area contributed by atoms with Crippen LogP contribution in [0.1, 0.15) is 5.56 Å². The lowest BCUT2D eigenvalue weighted by atomic mass is 9.99. The second-order valence-electron chi connectivity index (χ2n) is 8.31. The molecule has 0 radical (unpaired) electrons. The van der Waals surface area contributed by atoms with Crippen LogP contribution in [-0.4, -0.2) is 28.4 Å². The van der Waals surface area contributed by atoms with Crippen molar-refractivity contribution in [3.05, 3.63) is 79.0 Å². The third-order valence-electron chi connectivity index (χ3n) is 6.39. The lowest BCUT2D eigenvalue weighted by molar-refractivity contribution is -0.536. The molecular weight excluding hydrogens is 454 g/mol. The normalized spacial score (nSPS) is 11.0. The van der Waals surface area contributed by atoms with Gasteiger partial charge in [0.1, 0.15) is 12.4 Å². The standard InChI is InChI=1S/C30H28NO5/c1-6-31-17-20-12-26(32-2)27(33-3)13-21(20)23-15-25(36-18-19-10-8-7-9-11-19)22-14-28(34-4)29(35-5)16-24(22)30(23)31/h6-17H,1,18H2,2-5H3/q+1. The van der Waals surface area contributed by atoms with Gasteiger partial charge < -0.3 is 23.7 Å². The molecule has 0 saturated carbocycles. The van der Waals surface area contributed by atoms with Crippen LogP contribution in [0, 0.1) is 0 Å². The van der Waals surface area contributed by atoms with E-state index in [1.54, 1.807) is 34.6 Å². The van der Waals surface area contributed by atoms with Crippen LogP contribution >= 0.6 is 0 Å². The maximum Gasteiger partial charge on any atom is 0.226 e. The Morgan fingerprint density at radius 2 is 1.19 bits per heavy atom. The highest BCUT2D eigenvalue weighted by atomic mass is 16.5. The van der Waals surface area contributed by atoms with Crippen molar-refractivity contribution in [3.8, 4) is 28.7 Å². The zero-order valence-electron chi connectivity index (χ0n) is 20.8. The van der Waals surface area contributed by atoms with E-state index in [2.05, 4.69) is 12.6 Å². The Morgan fingerprint density at radius 1 is 0.667 bits per heavy atom. The summed E-state index contributed by atoms with van der Waals surface area (Å²) >= 11 is 0. The van der Waals surface area contributed by atoms with E-state index in [0.717, 1.165) is 43.8 Å². The smallest absolute Gasteiger partial charge is 0.226 e. The molecule has 36 heavy (non-hydrogen) atoms. The maximum absolute atomic E-state index is 6.42. The van der Waals surface area contributed by atoms with Gasteiger partial charge in [0.2, 0.25) is 5.52 Å². The molecule has 182 valence electrons. The van der Waals surface area contributed by atoms with Gasteiger partial charge in [0, 0.05) is 10.8 Å². The molecule has 5 rings (SSSR count). The summed E-state index contributed by atoms with van der Waals surface area (Å²) in [5, 5.41) is 4.82. The van der Waals surface area contributed by atoms with Gasteiger partial charge in [-0.3, -0.25) is 0 Å². The van der Waals surface area contributed by atoms with Crippen molar-refractivity contribution in [1.82, 2.24) is 0 Å². The number of hydrogen-bond acceptors (Lipinski definition) is 5. The molecule has 0 aliphatic carbocycles. The third kappa shape index (κ3) is 3.90. The van der Waals surface area contributed by atoms with E-state index >= 15 is 0 Å².